The predicted molar refractivity (Wildman–Crippen MR) is 84.9 cm³/mol. The standard InChI is InChI=1S/C15H16BrN3O2/c1-4-17-14-8(2)9(3)18-15(19-14)10-5-11(16)13-12(6-10)20-7-21-13/h5-6H,4,7H2,1-3H3,(H,17,18,19). The van der Waals surface area contributed by atoms with E-state index in [9.17, 15) is 0 Å². The lowest BCUT2D eigenvalue weighted by Crippen LogP contribution is -2.06. The number of aromatic nitrogens is 2. The number of benzene rings is 1. The number of aryl methyl sites for hydroxylation is 1. The van der Waals surface area contributed by atoms with Gasteiger partial charge in [-0.2, -0.15) is 0 Å². The Morgan fingerprint density at radius 2 is 2.05 bits per heavy atom. The molecule has 0 spiro atoms. The fourth-order valence-corrected chi connectivity index (χ4v) is 2.75. The van der Waals surface area contributed by atoms with Crippen LogP contribution in [0.2, 0.25) is 0 Å². The molecule has 1 aliphatic rings. The molecule has 2 heterocycles. The number of nitrogens with one attached hydrogen (secondary N) is 1. The number of rotatable bonds is 3. The molecular weight excluding hydrogens is 334 g/mol. The van der Waals surface area contributed by atoms with E-state index in [2.05, 4.69) is 31.2 Å². The lowest BCUT2D eigenvalue weighted by molar-refractivity contribution is 0.173. The fraction of sp³-hybridized carbons (Fsp3) is 0.333. The van der Waals surface area contributed by atoms with Gasteiger partial charge in [0.25, 0.3) is 0 Å². The number of nitrogens with zero attached hydrogens (tertiary/aromatic N) is 2. The minimum atomic E-state index is 0.244. The van der Waals surface area contributed by atoms with Crippen LogP contribution in [0.1, 0.15) is 18.2 Å². The lowest BCUT2D eigenvalue weighted by Gasteiger charge is -2.12. The molecule has 0 saturated carbocycles. The van der Waals surface area contributed by atoms with Gasteiger partial charge in [-0.1, -0.05) is 0 Å². The summed E-state index contributed by atoms with van der Waals surface area (Å²) >= 11 is 3.50. The van der Waals surface area contributed by atoms with Crippen molar-refractivity contribution in [1.82, 2.24) is 9.97 Å². The van der Waals surface area contributed by atoms with E-state index in [1.807, 2.05) is 32.9 Å². The predicted octanol–water partition coefficient (Wildman–Crippen LogP) is 3.68. The average Bonchev–Trinajstić information content (AvgIpc) is 2.92. The minimum Gasteiger partial charge on any atom is -0.454 e. The highest BCUT2D eigenvalue weighted by atomic mass is 79.9. The van der Waals surface area contributed by atoms with Gasteiger partial charge < -0.3 is 14.8 Å². The first kappa shape index (κ1) is 14.1. The summed E-state index contributed by atoms with van der Waals surface area (Å²) < 4.78 is 11.7. The Labute approximate surface area is 131 Å². The van der Waals surface area contributed by atoms with Crippen LogP contribution in [0.15, 0.2) is 16.6 Å². The van der Waals surface area contributed by atoms with Crippen LogP contribution in [0.5, 0.6) is 11.5 Å². The SMILES string of the molecule is CCNc1nc(-c2cc(Br)c3c(c2)OCO3)nc(C)c1C. The second-order valence-electron chi connectivity index (χ2n) is 4.83. The molecule has 1 aromatic heterocycles. The molecule has 5 nitrogen and oxygen atoms in total. The van der Waals surface area contributed by atoms with Gasteiger partial charge >= 0.3 is 0 Å². The molecule has 0 bridgehead atoms. The van der Waals surface area contributed by atoms with Crippen molar-refractivity contribution in [3.63, 3.8) is 0 Å². The monoisotopic (exact) mass is 349 g/mol. The normalized spacial score (nSPS) is 12.6. The summed E-state index contributed by atoms with van der Waals surface area (Å²) in [4.78, 5) is 9.20. The highest BCUT2D eigenvalue weighted by molar-refractivity contribution is 9.10. The van der Waals surface area contributed by atoms with Crippen molar-refractivity contribution in [3.8, 4) is 22.9 Å². The van der Waals surface area contributed by atoms with Gasteiger partial charge in [0, 0.05) is 23.4 Å². The van der Waals surface area contributed by atoms with Gasteiger partial charge in [-0.3, -0.25) is 0 Å². The van der Waals surface area contributed by atoms with Gasteiger partial charge in [-0.05, 0) is 48.8 Å². The summed E-state index contributed by atoms with van der Waals surface area (Å²) in [6.07, 6.45) is 0. The molecular formula is C15H16BrN3O2. The van der Waals surface area contributed by atoms with Crippen molar-refractivity contribution >= 4 is 21.7 Å². The molecule has 3 rings (SSSR count). The van der Waals surface area contributed by atoms with Gasteiger partial charge in [-0.15, -0.1) is 0 Å². The van der Waals surface area contributed by atoms with Crippen LogP contribution in [0.4, 0.5) is 5.82 Å². The Morgan fingerprint density at radius 3 is 2.81 bits per heavy atom. The zero-order chi connectivity index (χ0) is 15.0. The van der Waals surface area contributed by atoms with Gasteiger partial charge in [0.1, 0.15) is 5.82 Å². The molecule has 21 heavy (non-hydrogen) atoms. The third kappa shape index (κ3) is 2.55. The van der Waals surface area contributed by atoms with E-state index < -0.39 is 0 Å². The van der Waals surface area contributed by atoms with Crippen LogP contribution in [-0.4, -0.2) is 23.3 Å². The van der Waals surface area contributed by atoms with Crippen LogP contribution in [0.25, 0.3) is 11.4 Å². The number of fused-ring (bicyclic) bond motifs is 1. The van der Waals surface area contributed by atoms with Crippen LogP contribution in [0, 0.1) is 13.8 Å². The Kier molecular flexibility index (Phi) is 3.71. The number of hydrogen-bond donors (Lipinski definition) is 1. The molecule has 1 aromatic carbocycles. The summed E-state index contributed by atoms with van der Waals surface area (Å²) in [5, 5.41) is 3.27. The third-order valence-electron chi connectivity index (χ3n) is 3.42. The molecule has 0 saturated heterocycles. The number of hydrogen-bond acceptors (Lipinski definition) is 5. The highest BCUT2D eigenvalue weighted by Gasteiger charge is 2.20. The number of ether oxygens (including phenoxy) is 2. The largest absolute Gasteiger partial charge is 0.454 e. The molecule has 2 aromatic rings. The van der Waals surface area contributed by atoms with Crippen molar-refractivity contribution < 1.29 is 9.47 Å². The molecule has 1 aliphatic heterocycles. The van der Waals surface area contributed by atoms with Crippen LogP contribution < -0.4 is 14.8 Å². The second-order valence-corrected chi connectivity index (χ2v) is 5.68. The molecule has 0 aliphatic carbocycles. The second kappa shape index (κ2) is 5.52. The van der Waals surface area contributed by atoms with Crippen molar-refractivity contribution in [2.45, 2.75) is 20.8 Å². The summed E-state index contributed by atoms with van der Waals surface area (Å²) in [5.74, 6) is 2.99. The maximum atomic E-state index is 5.45. The van der Waals surface area contributed by atoms with E-state index >= 15 is 0 Å². The van der Waals surface area contributed by atoms with E-state index in [4.69, 9.17) is 9.47 Å². The maximum Gasteiger partial charge on any atom is 0.231 e. The molecule has 0 atom stereocenters. The fourth-order valence-electron chi connectivity index (χ4n) is 2.19. The third-order valence-corrected chi connectivity index (χ3v) is 4.01. The van der Waals surface area contributed by atoms with E-state index in [0.29, 0.717) is 11.6 Å². The zero-order valence-electron chi connectivity index (χ0n) is 12.2. The lowest BCUT2D eigenvalue weighted by atomic mass is 10.1. The average molecular weight is 350 g/mol. The Bertz CT molecular complexity index is 704. The van der Waals surface area contributed by atoms with Crippen molar-refractivity contribution in [2.24, 2.45) is 0 Å². The summed E-state index contributed by atoms with van der Waals surface area (Å²) in [7, 11) is 0. The molecule has 0 amide bonds. The van der Waals surface area contributed by atoms with Gasteiger partial charge in [0.05, 0.1) is 4.47 Å². The zero-order valence-corrected chi connectivity index (χ0v) is 13.7. The van der Waals surface area contributed by atoms with E-state index in [0.717, 1.165) is 39.4 Å². The minimum absolute atomic E-state index is 0.244. The van der Waals surface area contributed by atoms with Gasteiger partial charge in [0.15, 0.2) is 17.3 Å². The molecule has 0 unspecified atom stereocenters. The van der Waals surface area contributed by atoms with Crippen molar-refractivity contribution in [2.75, 3.05) is 18.7 Å². The summed E-state index contributed by atoms with van der Waals surface area (Å²) in [6.45, 7) is 7.12. The van der Waals surface area contributed by atoms with Gasteiger partial charge in [-0.25, -0.2) is 9.97 Å². The molecule has 1 N–H and O–H groups in total. The van der Waals surface area contributed by atoms with E-state index in [-0.39, 0.29) is 6.79 Å². The van der Waals surface area contributed by atoms with Crippen molar-refractivity contribution in [1.29, 1.82) is 0 Å². The first-order valence-electron chi connectivity index (χ1n) is 6.78. The molecule has 110 valence electrons. The van der Waals surface area contributed by atoms with E-state index in [1.165, 1.54) is 0 Å². The maximum absolute atomic E-state index is 5.45. The first-order chi connectivity index (χ1) is 10.1. The van der Waals surface area contributed by atoms with Crippen molar-refractivity contribution in [3.05, 3.63) is 27.9 Å². The topological polar surface area (TPSA) is 56.3 Å². The smallest absolute Gasteiger partial charge is 0.231 e. The van der Waals surface area contributed by atoms with Gasteiger partial charge in [0.2, 0.25) is 6.79 Å². The van der Waals surface area contributed by atoms with Crippen LogP contribution >= 0.6 is 15.9 Å². The Hall–Kier alpha value is -1.82. The highest BCUT2D eigenvalue weighted by Crippen LogP contribution is 2.42. The number of anilines is 1. The van der Waals surface area contributed by atoms with Crippen LogP contribution in [-0.2, 0) is 0 Å². The molecule has 0 radical (unpaired) electrons. The molecule has 0 fully saturated rings. The Morgan fingerprint density at radius 1 is 1.24 bits per heavy atom. The first-order valence-corrected chi connectivity index (χ1v) is 7.58. The number of halogens is 1. The summed E-state index contributed by atoms with van der Waals surface area (Å²) in [6, 6.07) is 3.86. The Balaban J connectivity index is 2.10. The summed E-state index contributed by atoms with van der Waals surface area (Å²) in [5.41, 5.74) is 2.93. The molecule has 6 heteroatoms. The quantitative estimate of drug-likeness (QED) is 0.915. The van der Waals surface area contributed by atoms with E-state index in [1.54, 1.807) is 0 Å². The van der Waals surface area contributed by atoms with Crippen LogP contribution in [0.3, 0.4) is 0 Å².